The van der Waals surface area contributed by atoms with Gasteiger partial charge >= 0.3 is 0 Å². The molecule has 1 rings (SSSR count). The van der Waals surface area contributed by atoms with Crippen molar-refractivity contribution in [2.24, 2.45) is 5.73 Å². The van der Waals surface area contributed by atoms with Crippen molar-refractivity contribution in [3.63, 3.8) is 0 Å². The Morgan fingerprint density at radius 3 is 2.92 bits per heavy atom. The van der Waals surface area contributed by atoms with Crippen molar-refractivity contribution < 1.29 is 4.79 Å². The Morgan fingerprint density at radius 2 is 2.38 bits per heavy atom. The fourth-order valence-electron chi connectivity index (χ4n) is 0.879. The average molecular weight is 219 g/mol. The van der Waals surface area contributed by atoms with Crippen LogP contribution in [0.25, 0.3) is 0 Å². The summed E-state index contributed by atoms with van der Waals surface area (Å²) >= 11 is 7.14. The van der Waals surface area contributed by atoms with Gasteiger partial charge in [0.2, 0.25) is 5.91 Å². The molecule has 3 nitrogen and oxygen atoms in total. The zero-order valence-corrected chi connectivity index (χ0v) is 8.62. The van der Waals surface area contributed by atoms with Gasteiger partial charge < -0.3 is 11.1 Å². The van der Waals surface area contributed by atoms with Crippen molar-refractivity contribution >= 4 is 28.8 Å². The maximum Gasteiger partial charge on any atom is 0.225 e. The number of halogens is 1. The number of nitrogens with one attached hydrogen (secondary N) is 1. The first kappa shape index (κ1) is 10.5. The number of thiophene rings is 1. The first-order chi connectivity index (χ1) is 6.22. The molecule has 0 bridgehead atoms. The molecule has 5 heteroatoms. The number of hydrogen-bond acceptors (Lipinski definition) is 3. The van der Waals surface area contributed by atoms with Gasteiger partial charge in [-0.1, -0.05) is 11.6 Å². The Morgan fingerprint density at radius 1 is 1.62 bits per heavy atom. The molecule has 0 atom stereocenters. The van der Waals surface area contributed by atoms with E-state index in [-0.39, 0.29) is 5.91 Å². The monoisotopic (exact) mass is 218 g/mol. The predicted octanol–water partition coefficient (Wildman–Crippen LogP) is 1.02. The molecule has 3 N–H and O–H groups in total. The zero-order valence-electron chi connectivity index (χ0n) is 7.05. The maximum absolute atomic E-state index is 11.2. The quantitative estimate of drug-likeness (QED) is 0.793. The molecule has 0 aliphatic heterocycles. The van der Waals surface area contributed by atoms with Gasteiger partial charge in [-0.2, -0.15) is 0 Å². The third-order valence-corrected chi connectivity index (χ3v) is 2.66. The van der Waals surface area contributed by atoms with Crippen LogP contribution in [0.5, 0.6) is 0 Å². The summed E-state index contributed by atoms with van der Waals surface area (Å²) in [5.74, 6) is -0.0102. The largest absolute Gasteiger partial charge is 0.355 e. The summed E-state index contributed by atoms with van der Waals surface area (Å²) in [7, 11) is 0. The summed E-state index contributed by atoms with van der Waals surface area (Å²) in [6.07, 6.45) is 0.386. The Balaban J connectivity index is 2.36. The smallest absolute Gasteiger partial charge is 0.225 e. The molecule has 13 heavy (non-hydrogen) atoms. The van der Waals surface area contributed by atoms with Crippen molar-refractivity contribution in [2.45, 2.75) is 6.42 Å². The van der Waals surface area contributed by atoms with E-state index < -0.39 is 0 Å². The molecule has 0 unspecified atom stereocenters. The van der Waals surface area contributed by atoms with Crippen LogP contribution < -0.4 is 11.1 Å². The minimum atomic E-state index is -0.0102. The van der Waals surface area contributed by atoms with E-state index in [1.165, 1.54) is 11.3 Å². The molecule has 0 fully saturated rings. The van der Waals surface area contributed by atoms with E-state index >= 15 is 0 Å². The molecule has 1 aromatic heterocycles. The molecule has 1 heterocycles. The first-order valence-corrected chi connectivity index (χ1v) is 5.13. The molecule has 1 aromatic rings. The van der Waals surface area contributed by atoms with Crippen LogP contribution in [0.1, 0.15) is 4.88 Å². The topological polar surface area (TPSA) is 55.1 Å². The summed E-state index contributed by atoms with van der Waals surface area (Å²) in [6.45, 7) is 0.995. The lowest BCUT2D eigenvalue weighted by Crippen LogP contribution is -2.29. The SMILES string of the molecule is NCCNC(=O)Cc1ccc(Cl)s1. The molecule has 0 radical (unpaired) electrons. The highest BCUT2D eigenvalue weighted by Crippen LogP contribution is 2.21. The van der Waals surface area contributed by atoms with Gasteiger partial charge in [-0.05, 0) is 12.1 Å². The van der Waals surface area contributed by atoms with Crippen LogP contribution in [0.3, 0.4) is 0 Å². The summed E-state index contributed by atoms with van der Waals surface area (Å²) in [6, 6.07) is 3.65. The minimum absolute atomic E-state index is 0.0102. The summed E-state index contributed by atoms with van der Waals surface area (Å²) in [4.78, 5) is 12.1. The second kappa shape index (κ2) is 5.21. The highest BCUT2D eigenvalue weighted by Gasteiger charge is 2.04. The van der Waals surface area contributed by atoms with Gasteiger partial charge in [0.15, 0.2) is 0 Å². The second-order valence-electron chi connectivity index (χ2n) is 2.52. The van der Waals surface area contributed by atoms with E-state index in [1.54, 1.807) is 6.07 Å². The lowest BCUT2D eigenvalue weighted by atomic mass is 10.3. The van der Waals surface area contributed by atoms with Gasteiger partial charge in [0.1, 0.15) is 0 Å². The molecule has 0 spiro atoms. The molecule has 0 aliphatic rings. The third kappa shape index (κ3) is 3.76. The number of nitrogens with two attached hydrogens (primary N) is 1. The van der Waals surface area contributed by atoms with E-state index in [0.29, 0.717) is 23.8 Å². The van der Waals surface area contributed by atoms with Crippen molar-refractivity contribution in [1.82, 2.24) is 5.32 Å². The molecule has 0 saturated carbocycles. The number of rotatable bonds is 4. The number of carbonyl (C=O) groups is 1. The molecule has 0 aliphatic carbocycles. The Labute approximate surface area is 85.9 Å². The number of carbonyl (C=O) groups excluding carboxylic acids is 1. The average Bonchev–Trinajstić information content (AvgIpc) is 2.48. The summed E-state index contributed by atoms with van der Waals surface area (Å²) in [5.41, 5.74) is 5.24. The lowest BCUT2D eigenvalue weighted by Gasteiger charge is -2.00. The zero-order chi connectivity index (χ0) is 9.68. The van der Waals surface area contributed by atoms with Crippen molar-refractivity contribution in [2.75, 3.05) is 13.1 Å². The Bertz CT molecular complexity index is 287. The van der Waals surface area contributed by atoms with E-state index in [2.05, 4.69) is 5.32 Å². The van der Waals surface area contributed by atoms with Crippen LogP contribution >= 0.6 is 22.9 Å². The minimum Gasteiger partial charge on any atom is -0.355 e. The van der Waals surface area contributed by atoms with E-state index in [4.69, 9.17) is 17.3 Å². The van der Waals surface area contributed by atoms with Crippen LogP contribution in [0, 0.1) is 0 Å². The van der Waals surface area contributed by atoms with E-state index in [0.717, 1.165) is 4.88 Å². The Hall–Kier alpha value is -0.580. The molecular formula is C8H11ClN2OS. The first-order valence-electron chi connectivity index (χ1n) is 3.93. The van der Waals surface area contributed by atoms with Crippen LogP contribution in [0.4, 0.5) is 0 Å². The van der Waals surface area contributed by atoms with Gasteiger partial charge in [0.25, 0.3) is 0 Å². The van der Waals surface area contributed by atoms with E-state index in [1.807, 2.05) is 6.07 Å². The maximum atomic E-state index is 11.2. The van der Waals surface area contributed by atoms with Gasteiger partial charge in [-0.25, -0.2) is 0 Å². The molecule has 0 aromatic carbocycles. The number of amides is 1. The van der Waals surface area contributed by atoms with Crippen LogP contribution in [0.2, 0.25) is 4.34 Å². The summed E-state index contributed by atoms with van der Waals surface area (Å²) in [5, 5.41) is 2.69. The third-order valence-electron chi connectivity index (χ3n) is 1.43. The van der Waals surface area contributed by atoms with Crippen LogP contribution in [-0.4, -0.2) is 19.0 Å². The molecular weight excluding hydrogens is 208 g/mol. The number of hydrogen-bond donors (Lipinski definition) is 2. The fourth-order valence-corrected chi connectivity index (χ4v) is 1.97. The van der Waals surface area contributed by atoms with Crippen molar-refractivity contribution in [1.29, 1.82) is 0 Å². The van der Waals surface area contributed by atoms with E-state index in [9.17, 15) is 4.79 Å². The highest BCUT2D eigenvalue weighted by molar-refractivity contribution is 7.16. The van der Waals surface area contributed by atoms with Gasteiger partial charge in [0.05, 0.1) is 10.8 Å². The van der Waals surface area contributed by atoms with Gasteiger partial charge in [0, 0.05) is 18.0 Å². The molecule has 1 amide bonds. The predicted molar refractivity (Wildman–Crippen MR) is 55.1 cm³/mol. The van der Waals surface area contributed by atoms with Crippen LogP contribution in [0.15, 0.2) is 12.1 Å². The van der Waals surface area contributed by atoms with Gasteiger partial charge in [-0.3, -0.25) is 4.79 Å². The fraction of sp³-hybridized carbons (Fsp3) is 0.375. The Kier molecular flexibility index (Phi) is 4.21. The van der Waals surface area contributed by atoms with Crippen molar-refractivity contribution in [3.05, 3.63) is 21.3 Å². The van der Waals surface area contributed by atoms with Gasteiger partial charge in [-0.15, -0.1) is 11.3 Å². The standard InChI is InChI=1S/C8H11ClN2OS/c9-7-2-1-6(13-7)5-8(12)11-4-3-10/h1-2H,3-5,10H2,(H,11,12). The van der Waals surface area contributed by atoms with Crippen molar-refractivity contribution in [3.8, 4) is 0 Å². The molecule has 72 valence electrons. The summed E-state index contributed by atoms with van der Waals surface area (Å²) < 4.78 is 0.710. The second-order valence-corrected chi connectivity index (χ2v) is 4.32. The molecule has 0 saturated heterocycles. The highest BCUT2D eigenvalue weighted by atomic mass is 35.5. The normalized spacial score (nSPS) is 10.0. The van der Waals surface area contributed by atoms with Crippen LogP contribution in [-0.2, 0) is 11.2 Å². The lowest BCUT2D eigenvalue weighted by molar-refractivity contribution is -0.120.